The summed E-state index contributed by atoms with van der Waals surface area (Å²) in [6.07, 6.45) is 5.79. The Morgan fingerprint density at radius 2 is 2.17 bits per heavy atom. The van der Waals surface area contributed by atoms with Crippen LogP contribution in [0.4, 0.5) is 0 Å². The molecule has 5 nitrogen and oxygen atoms in total. The predicted octanol–water partition coefficient (Wildman–Crippen LogP) is 2.06. The summed E-state index contributed by atoms with van der Waals surface area (Å²) in [4.78, 5) is 14.0. The molecule has 0 spiro atoms. The molecule has 1 aromatic rings. The van der Waals surface area contributed by atoms with Gasteiger partial charge in [-0.15, -0.1) is 0 Å². The third-order valence-corrected chi connectivity index (χ3v) is 6.05. The van der Waals surface area contributed by atoms with Gasteiger partial charge in [0.2, 0.25) is 0 Å². The molecule has 1 aromatic carbocycles. The summed E-state index contributed by atoms with van der Waals surface area (Å²) in [7, 11) is 0. The van der Waals surface area contributed by atoms with Crippen molar-refractivity contribution in [3.8, 4) is 11.5 Å². The summed E-state index contributed by atoms with van der Waals surface area (Å²) >= 11 is 6.33. The van der Waals surface area contributed by atoms with Crippen molar-refractivity contribution in [3.63, 3.8) is 0 Å². The number of aliphatic hydroxyl groups is 1. The molecule has 0 aromatic heterocycles. The Balaban J connectivity index is 2.02. The lowest BCUT2D eigenvalue weighted by Crippen LogP contribution is -2.57. The number of carbonyl (C=O) groups is 1. The topological polar surface area (TPSA) is 81.0 Å². The molecule has 3 N–H and O–H groups in total. The molecule has 122 valence electrons. The highest BCUT2D eigenvalue weighted by Gasteiger charge is 2.55. The number of fused-ring (bicyclic) bond motifs is 1. The maximum Gasteiger partial charge on any atom is 0.161 e. The van der Waals surface area contributed by atoms with Crippen molar-refractivity contribution in [1.29, 1.82) is 0 Å². The third kappa shape index (κ3) is 1.86. The SMILES string of the molecule is O=C1CCC2C3Cc4c(Cl)cc(O)c(O)c4C2(C=CN3CO)C1. The second-order valence-electron chi connectivity index (χ2n) is 6.72. The van der Waals surface area contributed by atoms with Gasteiger partial charge < -0.3 is 20.2 Å². The second-order valence-corrected chi connectivity index (χ2v) is 7.13. The van der Waals surface area contributed by atoms with E-state index in [1.54, 1.807) is 6.20 Å². The lowest BCUT2D eigenvalue weighted by molar-refractivity contribution is -0.124. The van der Waals surface area contributed by atoms with Crippen molar-refractivity contribution in [1.82, 2.24) is 4.90 Å². The van der Waals surface area contributed by atoms with Gasteiger partial charge in [0, 0.05) is 41.0 Å². The number of aromatic hydroxyl groups is 2. The minimum atomic E-state index is -0.647. The summed E-state index contributed by atoms with van der Waals surface area (Å²) in [6.45, 7) is -0.0985. The van der Waals surface area contributed by atoms with Crippen LogP contribution in [0.1, 0.15) is 30.4 Å². The lowest BCUT2D eigenvalue weighted by atomic mass is 9.53. The van der Waals surface area contributed by atoms with Gasteiger partial charge in [-0.25, -0.2) is 0 Å². The number of ketones is 1. The Morgan fingerprint density at radius 3 is 2.91 bits per heavy atom. The van der Waals surface area contributed by atoms with Gasteiger partial charge in [-0.05, 0) is 30.5 Å². The van der Waals surface area contributed by atoms with Crippen molar-refractivity contribution in [2.24, 2.45) is 5.92 Å². The summed E-state index contributed by atoms with van der Waals surface area (Å²) in [6, 6.07) is 1.38. The average molecular weight is 336 g/mol. The van der Waals surface area contributed by atoms with E-state index in [1.165, 1.54) is 6.07 Å². The first-order valence-electron chi connectivity index (χ1n) is 7.79. The predicted molar refractivity (Wildman–Crippen MR) is 84.4 cm³/mol. The molecule has 1 aliphatic heterocycles. The Bertz CT molecular complexity index is 732. The highest BCUT2D eigenvalue weighted by atomic mass is 35.5. The van der Waals surface area contributed by atoms with Crippen LogP contribution in [0.15, 0.2) is 18.3 Å². The number of rotatable bonds is 1. The van der Waals surface area contributed by atoms with Crippen LogP contribution in [0.25, 0.3) is 0 Å². The number of allylic oxidation sites excluding steroid dienone is 1. The first-order valence-corrected chi connectivity index (χ1v) is 8.17. The molecule has 1 heterocycles. The number of hydrogen-bond donors (Lipinski definition) is 3. The number of Topliss-reactive ketones (excluding diaryl/α,β-unsaturated/α-hetero) is 1. The largest absolute Gasteiger partial charge is 0.504 e. The molecule has 3 unspecified atom stereocenters. The molecule has 1 fully saturated rings. The van der Waals surface area contributed by atoms with E-state index in [-0.39, 0.29) is 36.0 Å². The molecule has 1 saturated carbocycles. The van der Waals surface area contributed by atoms with E-state index in [9.17, 15) is 20.1 Å². The van der Waals surface area contributed by atoms with E-state index < -0.39 is 5.41 Å². The highest BCUT2D eigenvalue weighted by molar-refractivity contribution is 6.31. The van der Waals surface area contributed by atoms with Crippen LogP contribution in [0, 0.1) is 5.92 Å². The molecular weight excluding hydrogens is 318 g/mol. The summed E-state index contributed by atoms with van der Waals surface area (Å²) in [5, 5.41) is 30.6. The normalized spacial score (nSPS) is 31.7. The van der Waals surface area contributed by atoms with Gasteiger partial charge in [-0.2, -0.15) is 0 Å². The number of aliphatic hydroxyl groups excluding tert-OH is 1. The zero-order chi connectivity index (χ0) is 16.4. The fourth-order valence-corrected chi connectivity index (χ4v) is 5.03. The molecule has 2 bridgehead atoms. The Morgan fingerprint density at radius 1 is 1.39 bits per heavy atom. The van der Waals surface area contributed by atoms with E-state index in [1.807, 2.05) is 11.0 Å². The van der Waals surface area contributed by atoms with Crippen LogP contribution in [-0.4, -0.2) is 38.8 Å². The van der Waals surface area contributed by atoms with Crippen LogP contribution >= 0.6 is 11.6 Å². The molecule has 4 rings (SSSR count). The van der Waals surface area contributed by atoms with Crippen LogP contribution in [0.2, 0.25) is 5.02 Å². The Hall–Kier alpha value is -1.72. The van der Waals surface area contributed by atoms with E-state index >= 15 is 0 Å². The number of carbonyl (C=O) groups excluding carboxylic acids is 1. The zero-order valence-corrected chi connectivity index (χ0v) is 13.3. The quantitative estimate of drug-likeness (QED) is 0.684. The standard InChI is InChI=1S/C17H18ClNO4/c18-12-6-14(22)16(23)15-10(12)5-13-11-2-1-9(21)7-17(11,15)3-4-19(13)8-20/h3-4,6,11,13,20,22-23H,1-2,5,7-8H2. The van der Waals surface area contributed by atoms with Crippen molar-refractivity contribution in [2.45, 2.75) is 37.1 Å². The van der Waals surface area contributed by atoms with Gasteiger partial charge in [-0.1, -0.05) is 17.7 Å². The molecule has 0 saturated heterocycles. The van der Waals surface area contributed by atoms with Gasteiger partial charge in [-0.3, -0.25) is 4.79 Å². The number of phenols is 2. The molecule has 23 heavy (non-hydrogen) atoms. The maximum absolute atomic E-state index is 12.2. The molecule has 6 heteroatoms. The van der Waals surface area contributed by atoms with Gasteiger partial charge in [0.15, 0.2) is 11.5 Å². The minimum absolute atomic E-state index is 0.0343. The van der Waals surface area contributed by atoms with Crippen molar-refractivity contribution in [3.05, 3.63) is 34.5 Å². The van der Waals surface area contributed by atoms with Crippen LogP contribution in [0.3, 0.4) is 0 Å². The van der Waals surface area contributed by atoms with Gasteiger partial charge in [0.25, 0.3) is 0 Å². The molecule has 2 aliphatic carbocycles. The van der Waals surface area contributed by atoms with Crippen molar-refractivity contribution in [2.75, 3.05) is 6.73 Å². The number of halogens is 1. The highest BCUT2D eigenvalue weighted by Crippen LogP contribution is 2.58. The molecule has 0 radical (unpaired) electrons. The fourth-order valence-electron chi connectivity index (χ4n) is 4.75. The summed E-state index contributed by atoms with van der Waals surface area (Å²) in [5.74, 6) is -0.177. The van der Waals surface area contributed by atoms with E-state index in [2.05, 4.69) is 0 Å². The third-order valence-electron chi connectivity index (χ3n) is 5.71. The summed E-state index contributed by atoms with van der Waals surface area (Å²) < 4.78 is 0. The number of hydrogen-bond acceptors (Lipinski definition) is 5. The first-order chi connectivity index (χ1) is 11.0. The van der Waals surface area contributed by atoms with Crippen LogP contribution in [0.5, 0.6) is 11.5 Å². The fraction of sp³-hybridized carbons (Fsp3) is 0.471. The van der Waals surface area contributed by atoms with Gasteiger partial charge in [0.1, 0.15) is 12.5 Å². The summed E-state index contributed by atoms with van der Waals surface area (Å²) in [5.41, 5.74) is 0.706. The average Bonchev–Trinajstić information content (AvgIpc) is 2.51. The maximum atomic E-state index is 12.2. The Kier molecular flexibility index (Phi) is 3.15. The number of phenolic OH excluding ortho intramolecular Hbond substituents is 2. The molecule has 3 atom stereocenters. The van der Waals surface area contributed by atoms with Crippen LogP contribution in [-0.2, 0) is 16.6 Å². The lowest BCUT2D eigenvalue weighted by Gasteiger charge is -2.55. The van der Waals surface area contributed by atoms with Gasteiger partial charge >= 0.3 is 0 Å². The first kappa shape index (κ1) is 14.8. The van der Waals surface area contributed by atoms with E-state index in [0.717, 1.165) is 5.56 Å². The number of nitrogens with zero attached hydrogens (tertiary/aromatic N) is 1. The minimum Gasteiger partial charge on any atom is -0.504 e. The van der Waals surface area contributed by atoms with E-state index in [4.69, 9.17) is 11.6 Å². The second kappa shape index (κ2) is 4.89. The van der Waals surface area contributed by atoms with Gasteiger partial charge in [0.05, 0.1) is 0 Å². The molecule has 3 aliphatic rings. The zero-order valence-electron chi connectivity index (χ0n) is 12.5. The van der Waals surface area contributed by atoms with Crippen molar-refractivity contribution >= 4 is 17.4 Å². The number of benzene rings is 1. The van der Waals surface area contributed by atoms with E-state index in [0.29, 0.717) is 36.3 Å². The monoisotopic (exact) mass is 335 g/mol. The smallest absolute Gasteiger partial charge is 0.161 e. The molecule has 0 amide bonds. The molecular formula is C17H18ClNO4. The van der Waals surface area contributed by atoms with Crippen LogP contribution < -0.4 is 0 Å². The van der Waals surface area contributed by atoms with Crippen molar-refractivity contribution < 1.29 is 20.1 Å². The Labute approximate surface area is 138 Å².